The fourth-order valence-corrected chi connectivity index (χ4v) is 1.68. The van der Waals surface area contributed by atoms with E-state index in [1.54, 1.807) is 29.2 Å². The number of aromatic nitrogens is 3. The molecule has 0 saturated heterocycles. The van der Waals surface area contributed by atoms with Crippen LogP contribution in [0, 0.1) is 0 Å². The van der Waals surface area contributed by atoms with E-state index in [4.69, 9.17) is 10.8 Å². The van der Waals surface area contributed by atoms with E-state index in [0.717, 1.165) is 18.7 Å². The topological polar surface area (TPSA) is 106 Å². The van der Waals surface area contributed by atoms with Crippen molar-refractivity contribution in [3.63, 3.8) is 0 Å². The highest BCUT2D eigenvalue weighted by molar-refractivity contribution is 5.94. The largest absolute Gasteiger partial charge is 0.478 e. The van der Waals surface area contributed by atoms with Crippen LogP contribution in [0.5, 0.6) is 0 Å². The van der Waals surface area contributed by atoms with Crippen molar-refractivity contribution in [2.45, 2.75) is 13.0 Å². The molecule has 0 amide bonds. The lowest BCUT2D eigenvalue weighted by molar-refractivity contribution is 0.0698. The second-order valence-corrected chi connectivity index (χ2v) is 4.05. The summed E-state index contributed by atoms with van der Waals surface area (Å²) in [6.45, 7) is 1.47. The van der Waals surface area contributed by atoms with Crippen molar-refractivity contribution < 1.29 is 9.90 Å². The van der Waals surface area contributed by atoms with Gasteiger partial charge in [-0.25, -0.2) is 4.79 Å². The molecular weight excluding hydrogens is 246 g/mol. The maximum atomic E-state index is 10.9. The van der Waals surface area contributed by atoms with Crippen LogP contribution in [-0.4, -0.2) is 32.6 Å². The first-order chi connectivity index (χ1) is 9.16. The molecule has 0 fully saturated rings. The SMILES string of the molecule is Nc1ccc(NCCCn2ccnn2)cc1C(=O)O. The minimum Gasteiger partial charge on any atom is -0.478 e. The number of anilines is 2. The Morgan fingerprint density at radius 1 is 1.47 bits per heavy atom. The molecule has 0 unspecified atom stereocenters. The Morgan fingerprint density at radius 2 is 2.32 bits per heavy atom. The van der Waals surface area contributed by atoms with Crippen molar-refractivity contribution in [3.8, 4) is 0 Å². The van der Waals surface area contributed by atoms with Crippen LogP contribution in [0.15, 0.2) is 30.6 Å². The number of aromatic carboxylic acids is 1. The van der Waals surface area contributed by atoms with Gasteiger partial charge in [-0.2, -0.15) is 0 Å². The molecule has 100 valence electrons. The molecule has 0 spiro atoms. The van der Waals surface area contributed by atoms with Gasteiger partial charge in [0.15, 0.2) is 0 Å². The molecule has 0 bridgehead atoms. The van der Waals surface area contributed by atoms with Crippen molar-refractivity contribution >= 4 is 17.3 Å². The van der Waals surface area contributed by atoms with Gasteiger partial charge in [0.05, 0.1) is 11.8 Å². The molecule has 7 nitrogen and oxygen atoms in total. The zero-order valence-corrected chi connectivity index (χ0v) is 10.3. The fourth-order valence-electron chi connectivity index (χ4n) is 1.68. The molecule has 0 radical (unpaired) electrons. The molecule has 0 atom stereocenters. The van der Waals surface area contributed by atoms with Gasteiger partial charge in [-0.15, -0.1) is 5.10 Å². The third-order valence-electron chi connectivity index (χ3n) is 2.65. The summed E-state index contributed by atoms with van der Waals surface area (Å²) in [5.74, 6) is -1.02. The quantitative estimate of drug-likeness (QED) is 0.530. The molecule has 0 aliphatic carbocycles. The second kappa shape index (κ2) is 5.85. The van der Waals surface area contributed by atoms with Crippen LogP contribution in [0.1, 0.15) is 16.8 Å². The highest BCUT2D eigenvalue weighted by Crippen LogP contribution is 2.17. The smallest absolute Gasteiger partial charge is 0.337 e. The third-order valence-corrected chi connectivity index (χ3v) is 2.65. The predicted molar refractivity (Wildman–Crippen MR) is 70.9 cm³/mol. The van der Waals surface area contributed by atoms with Crippen LogP contribution in [0.4, 0.5) is 11.4 Å². The van der Waals surface area contributed by atoms with Crippen LogP contribution in [0.3, 0.4) is 0 Å². The van der Waals surface area contributed by atoms with Gasteiger partial charge >= 0.3 is 5.97 Å². The van der Waals surface area contributed by atoms with Crippen molar-refractivity contribution in [1.82, 2.24) is 15.0 Å². The Labute approximate surface area is 110 Å². The second-order valence-electron chi connectivity index (χ2n) is 4.05. The average Bonchev–Trinajstić information content (AvgIpc) is 2.89. The van der Waals surface area contributed by atoms with E-state index in [1.807, 2.05) is 0 Å². The molecule has 4 N–H and O–H groups in total. The van der Waals surface area contributed by atoms with E-state index in [0.29, 0.717) is 6.54 Å². The minimum absolute atomic E-state index is 0.112. The number of hydrogen-bond donors (Lipinski definition) is 3. The number of carboxylic acids is 1. The first-order valence-corrected chi connectivity index (χ1v) is 5.87. The zero-order chi connectivity index (χ0) is 13.7. The fraction of sp³-hybridized carbons (Fsp3) is 0.250. The number of hydrogen-bond acceptors (Lipinski definition) is 5. The van der Waals surface area contributed by atoms with Crippen LogP contribution in [-0.2, 0) is 6.54 Å². The monoisotopic (exact) mass is 261 g/mol. The maximum Gasteiger partial charge on any atom is 0.337 e. The third kappa shape index (κ3) is 3.44. The summed E-state index contributed by atoms with van der Waals surface area (Å²) in [7, 11) is 0. The van der Waals surface area contributed by atoms with Crippen LogP contribution in [0.25, 0.3) is 0 Å². The Bertz CT molecular complexity index is 553. The van der Waals surface area contributed by atoms with Gasteiger partial charge in [-0.05, 0) is 24.6 Å². The lowest BCUT2D eigenvalue weighted by Crippen LogP contribution is -2.09. The first kappa shape index (κ1) is 12.9. The Hall–Kier alpha value is -2.57. The van der Waals surface area contributed by atoms with E-state index in [-0.39, 0.29) is 11.3 Å². The normalized spacial score (nSPS) is 10.3. The standard InChI is InChI=1S/C12H15N5O2/c13-11-3-2-9(8-10(11)12(18)19)14-4-1-6-17-7-5-15-16-17/h2-3,5,7-8,14H,1,4,6,13H2,(H,18,19). The van der Waals surface area contributed by atoms with Gasteiger partial charge in [-0.1, -0.05) is 5.21 Å². The molecule has 0 saturated carbocycles. The highest BCUT2D eigenvalue weighted by Gasteiger charge is 2.08. The summed E-state index contributed by atoms with van der Waals surface area (Å²) in [5.41, 5.74) is 6.70. The van der Waals surface area contributed by atoms with Crippen molar-refractivity contribution in [3.05, 3.63) is 36.2 Å². The van der Waals surface area contributed by atoms with Gasteiger partial charge in [0.2, 0.25) is 0 Å². The summed E-state index contributed by atoms with van der Waals surface area (Å²) in [6, 6.07) is 4.88. The lowest BCUT2D eigenvalue weighted by atomic mass is 10.1. The van der Waals surface area contributed by atoms with Gasteiger partial charge < -0.3 is 16.2 Å². The number of nitrogens with zero attached hydrogens (tertiary/aromatic N) is 3. The van der Waals surface area contributed by atoms with Crippen LogP contribution < -0.4 is 11.1 Å². The molecule has 1 aromatic heterocycles. The molecular formula is C12H15N5O2. The lowest BCUT2D eigenvalue weighted by Gasteiger charge is -2.08. The van der Waals surface area contributed by atoms with Gasteiger partial charge in [-0.3, -0.25) is 4.68 Å². The number of nitrogen functional groups attached to an aromatic ring is 1. The Balaban J connectivity index is 1.86. The number of benzene rings is 1. The molecule has 1 aromatic carbocycles. The number of carbonyl (C=O) groups is 1. The first-order valence-electron chi connectivity index (χ1n) is 5.87. The number of nitrogens with two attached hydrogens (primary N) is 1. The van der Waals surface area contributed by atoms with E-state index >= 15 is 0 Å². The maximum absolute atomic E-state index is 10.9. The van der Waals surface area contributed by atoms with Crippen molar-refractivity contribution in [2.75, 3.05) is 17.6 Å². The van der Waals surface area contributed by atoms with E-state index < -0.39 is 5.97 Å². The van der Waals surface area contributed by atoms with Gasteiger partial charge in [0.25, 0.3) is 0 Å². The molecule has 1 heterocycles. The number of nitrogens with one attached hydrogen (secondary N) is 1. The number of aryl methyl sites for hydroxylation is 1. The van der Waals surface area contributed by atoms with Crippen molar-refractivity contribution in [1.29, 1.82) is 0 Å². The van der Waals surface area contributed by atoms with Crippen LogP contribution in [0.2, 0.25) is 0 Å². The highest BCUT2D eigenvalue weighted by atomic mass is 16.4. The molecule has 2 rings (SSSR count). The molecule has 2 aromatic rings. The number of carboxylic acid groups (broad SMARTS) is 1. The summed E-state index contributed by atoms with van der Waals surface area (Å²) in [5, 5.41) is 19.7. The average molecular weight is 261 g/mol. The van der Waals surface area contributed by atoms with Gasteiger partial charge in [0, 0.05) is 30.7 Å². The van der Waals surface area contributed by atoms with E-state index in [2.05, 4.69) is 15.6 Å². The summed E-state index contributed by atoms with van der Waals surface area (Å²) >= 11 is 0. The molecule has 0 aliphatic heterocycles. The minimum atomic E-state index is -1.02. The van der Waals surface area contributed by atoms with Gasteiger partial charge in [0.1, 0.15) is 0 Å². The van der Waals surface area contributed by atoms with E-state index in [1.165, 1.54) is 6.07 Å². The summed E-state index contributed by atoms with van der Waals surface area (Å²) in [6.07, 6.45) is 4.29. The summed E-state index contributed by atoms with van der Waals surface area (Å²) < 4.78 is 1.74. The Morgan fingerprint density at radius 3 is 3.00 bits per heavy atom. The molecule has 7 heteroatoms. The molecule has 19 heavy (non-hydrogen) atoms. The number of rotatable bonds is 6. The Kier molecular flexibility index (Phi) is 3.97. The van der Waals surface area contributed by atoms with Crippen molar-refractivity contribution in [2.24, 2.45) is 0 Å². The van der Waals surface area contributed by atoms with E-state index in [9.17, 15) is 4.79 Å². The van der Waals surface area contributed by atoms with Crippen LogP contribution >= 0.6 is 0 Å². The summed E-state index contributed by atoms with van der Waals surface area (Å²) in [4.78, 5) is 10.9. The zero-order valence-electron chi connectivity index (χ0n) is 10.3. The predicted octanol–water partition coefficient (Wildman–Crippen LogP) is 1.06. The molecule has 0 aliphatic rings.